The fraction of sp³-hybridized carbons (Fsp3) is 0.200. The van der Waals surface area contributed by atoms with Crippen molar-refractivity contribution in [1.29, 1.82) is 0 Å². The zero-order chi connectivity index (χ0) is 10.8. The number of rotatable bonds is 1. The van der Waals surface area contributed by atoms with Crippen molar-refractivity contribution in [3.8, 4) is 0 Å². The van der Waals surface area contributed by atoms with Crippen LogP contribution in [-0.2, 0) is 4.79 Å². The highest BCUT2D eigenvalue weighted by Crippen LogP contribution is 2.22. The summed E-state index contributed by atoms with van der Waals surface area (Å²) in [4.78, 5) is 15.3. The second-order valence-corrected chi connectivity index (χ2v) is 4.47. The Balaban J connectivity index is 2.17. The van der Waals surface area contributed by atoms with Gasteiger partial charge in [-0.15, -0.1) is 0 Å². The van der Waals surface area contributed by atoms with Crippen molar-refractivity contribution in [2.75, 3.05) is 0 Å². The Morgan fingerprint density at radius 2 is 2.07 bits per heavy atom. The molecule has 5 heteroatoms. The van der Waals surface area contributed by atoms with Crippen LogP contribution in [0.1, 0.15) is 6.92 Å². The number of halogens is 1. The van der Waals surface area contributed by atoms with E-state index in [1.54, 1.807) is 12.1 Å². The van der Waals surface area contributed by atoms with E-state index in [-0.39, 0.29) is 17.0 Å². The van der Waals surface area contributed by atoms with Gasteiger partial charge < -0.3 is 5.32 Å². The zero-order valence-corrected chi connectivity index (χ0v) is 8.84. The van der Waals surface area contributed by atoms with Gasteiger partial charge in [0.2, 0.25) is 5.91 Å². The third-order valence-corrected chi connectivity index (χ3v) is 2.93. The second kappa shape index (κ2) is 4.02. The minimum absolute atomic E-state index is 0.0409. The van der Waals surface area contributed by atoms with Crippen LogP contribution in [0.5, 0.6) is 0 Å². The summed E-state index contributed by atoms with van der Waals surface area (Å²) in [5, 5.41) is 3.11. The van der Waals surface area contributed by atoms with Gasteiger partial charge in [-0.2, -0.15) is 0 Å². The Bertz CT molecular complexity index is 416. The monoisotopic (exact) mass is 224 g/mol. The highest BCUT2D eigenvalue weighted by Gasteiger charge is 2.25. The Kier molecular flexibility index (Phi) is 2.73. The van der Waals surface area contributed by atoms with E-state index >= 15 is 0 Å². The van der Waals surface area contributed by atoms with Gasteiger partial charge in [-0.1, -0.05) is 11.8 Å². The van der Waals surface area contributed by atoms with Gasteiger partial charge in [0.15, 0.2) is 5.17 Å². The molecule has 0 radical (unpaired) electrons. The maximum absolute atomic E-state index is 12.6. The minimum atomic E-state index is -0.296. The van der Waals surface area contributed by atoms with Crippen LogP contribution in [0.2, 0.25) is 0 Å². The average Bonchev–Trinajstić information content (AvgIpc) is 2.50. The van der Waals surface area contributed by atoms with E-state index in [1.807, 2.05) is 6.92 Å². The molecule has 1 saturated heterocycles. The van der Waals surface area contributed by atoms with Crippen molar-refractivity contribution in [3.05, 3.63) is 30.1 Å². The Morgan fingerprint density at radius 3 is 2.60 bits per heavy atom. The molecule has 2 rings (SSSR count). The molecule has 0 spiro atoms. The lowest BCUT2D eigenvalue weighted by molar-refractivity contribution is -0.118. The second-order valence-electron chi connectivity index (χ2n) is 3.14. The normalized spacial score (nSPS) is 23.2. The van der Waals surface area contributed by atoms with Gasteiger partial charge in [0.1, 0.15) is 5.82 Å². The number of aliphatic imine (C=N–C) groups is 1. The number of amidine groups is 1. The topological polar surface area (TPSA) is 41.5 Å². The first-order valence-corrected chi connectivity index (χ1v) is 5.35. The lowest BCUT2D eigenvalue weighted by Crippen LogP contribution is -2.23. The van der Waals surface area contributed by atoms with E-state index in [9.17, 15) is 9.18 Å². The summed E-state index contributed by atoms with van der Waals surface area (Å²) < 4.78 is 12.6. The van der Waals surface area contributed by atoms with Crippen LogP contribution in [-0.4, -0.2) is 16.3 Å². The summed E-state index contributed by atoms with van der Waals surface area (Å²) in [6, 6.07) is 5.81. The molecule has 15 heavy (non-hydrogen) atoms. The van der Waals surface area contributed by atoms with Crippen molar-refractivity contribution >= 4 is 28.5 Å². The van der Waals surface area contributed by atoms with E-state index in [0.717, 1.165) is 0 Å². The van der Waals surface area contributed by atoms with Crippen molar-refractivity contribution < 1.29 is 9.18 Å². The summed E-state index contributed by atoms with van der Waals surface area (Å²) in [5.74, 6) is -0.337. The molecule has 1 amide bonds. The molecule has 1 aromatic rings. The van der Waals surface area contributed by atoms with Crippen LogP contribution in [0.25, 0.3) is 0 Å². The molecular formula is C10H9FN2OS. The van der Waals surface area contributed by atoms with Crippen LogP contribution in [0.15, 0.2) is 29.3 Å². The molecule has 1 aliphatic rings. The number of carbonyl (C=O) groups excluding carboxylic acids is 1. The maximum Gasteiger partial charge on any atom is 0.239 e. The molecule has 3 nitrogen and oxygen atoms in total. The van der Waals surface area contributed by atoms with Crippen LogP contribution in [0.4, 0.5) is 10.1 Å². The van der Waals surface area contributed by atoms with Gasteiger partial charge in [0, 0.05) is 0 Å². The number of carbonyl (C=O) groups is 1. The summed E-state index contributed by atoms with van der Waals surface area (Å²) in [7, 11) is 0. The Hall–Kier alpha value is -1.36. The Morgan fingerprint density at radius 1 is 1.40 bits per heavy atom. The first kappa shape index (κ1) is 10.2. The highest BCUT2D eigenvalue weighted by atomic mass is 32.2. The van der Waals surface area contributed by atoms with Gasteiger partial charge in [-0.25, -0.2) is 9.38 Å². The summed E-state index contributed by atoms with van der Waals surface area (Å²) in [6.45, 7) is 1.81. The summed E-state index contributed by atoms with van der Waals surface area (Å²) in [5.41, 5.74) is 0.633. The van der Waals surface area contributed by atoms with Crippen molar-refractivity contribution in [2.24, 2.45) is 4.99 Å². The number of amides is 1. The van der Waals surface area contributed by atoms with Gasteiger partial charge in [-0.05, 0) is 31.2 Å². The van der Waals surface area contributed by atoms with Crippen LogP contribution in [0, 0.1) is 5.82 Å². The SMILES string of the molecule is C[C@@H]1SC(=Nc2ccc(F)cc2)NC1=O. The number of hydrogen-bond donors (Lipinski definition) is 1. The smallest absolute Gasteiger partial charge is 0.239 e. The van der Waals surface area contributed by atoms with Crippen LogP contribution < -0.4 is 5.32 Å². The molecule has 1 heterocycles. The number of benzene rings is 1. The highest BCUT2D eigenvalue weighted by molar-refractivity contribution is 8.15. The molecule has 0 saturated carbocycles. The standard InChI is InChI=1S/C10H9FN2OS/c1-6-9(14)13-10(15-6)12-8-4-2-7(11)3-5-8/h2-6H,1H3,(H,12,13,14)/t6-/m0/s1. The third-order valence-electron chi connectivity index (χ3n) is 1.95. The lowest BCUT2D eigenvalue weighted by atomic mass is 10.3. The Labute approximate surface area is 90.8 Å². The average molecular weight is 224 g/mol. The van der Waals surface area contributed by atoms with Gasteiger partial charge in [-0.3, -0.25) is 4.79 Å². The predicted molar refractivity (Wildman–Crippen MR) is 58.7 cm³/mol. The first-order chi connectivity index (χ1) is 7.15. The first-order valence-electron chi connectivity index (χ1n) is 4.47. The number of nitrogens with zero attached hydrogens (tertiary/aromatic N) is 1. The fourth-order valence-electron chi connectivity index (χ4n) is 1.14. The number of nitrogens with one attached hydrogen (secondary N) is 1. The number of hydrogen-bond acceptors (Lipinski definition) is 3. The molecule has 0 unspecified atom stereocenters. The molecule has 0 bridgehead atoms. The van der Waals surface area contributed by atoms with E-state index < -0.39 is 0 Å². The van der Waals surface area contributed by atoms with E-state index in [0.29, 0.717) is 10.9 Å². The number of thioether (sulfide) groups is 1. The molecule has 0 aliphatic carbocycles. The fourth-order valence-corrected chi connectivity index (χ4v) is 1.96. The molecular weight excluding hydrogens is 215 g/mol. The van der Waals surface area contributed by atoms with Crippen molar-refractivity contribution in [2.45, 2.75) is 12.2 Å². The molecule has 78 valence electrons. The predicted octanol–water partition coefficient (Wildman–Crippen LogP) is 2.06. The molecule has 1 aliphatic heterocycles. The van der Waals surface area contributed by atoms with Gasteiger partial charge >= 0.3 is 0 Å². The zero-order valence-electron chi connectivity index (χ0n) is 8.03. The van der Waals surface area contributed by atoms with E-state index in [1.165, 1.54) is 23.9 Å². The van der Waals surface area contributed by atoms with Gasteiger partial charge in [0.05, 0.1) is 10.9 Å². The van der Waals surface area contributed by atoms with E-state index in [2.05, 4.69) is 10.3 Å². The van der Waals surface area contributed by atoms with E-state index in [4.69, 9.17) is 0 Å². The molecule has 1 aromatic carbocycles. The molecule has 1 atom stereocenters. The molecule has 0 aromatic heterocycles. The summed E-state index contributed by atoms with van der Waals surface area (Å²) >= 11 is 1.37. The van der Waals surface area contributed by atoms with Gasteiger partial charge in [0.25, 0.3) is 0 Å². The van der Waals surface area contributed by atoms with Crippen LogP contribution >= 0.6 is 11.8 Å². The van der Waals surface area contributed by atoms with Crippen molar-refractivity contribution in [1.82, 2.24) is 5.32 Å². The molecule has 1 fully saturated rings. The van der Waals surface area contributed by atoms with Crippen LogP contribution in [0.3, 0.4) is 0 Å². The lowest BCUT2D eigenvalue weighted by Gasteiger charge is -1.96. The van der Waals surface area contributed by atoms with Crippen molar-refractivity contribution in [3.63, 3.8) is 0 Å². The third kappa shape index (κ3) is 2.36. The largest absolute Gasteiger partial charge is 0.304 e. The summed E-state index contributed by atoms with van der Waals surface area (Å²) in [6.07, 6.45) is 0. The molecule has 1 N–H and O–H groups in total. The minimum Gasteiger partial charge on any atom is -0.304 e. The maximum atomic E-state index is 12.6. The quantitative estimate of drug-likeness (QED) is 0.793.